The highest BCUT2D eigenvalue weighted by Crippen LogP contribution is 2.50. The number of carbonyl (C=O) groups is 1. The Morgan fingerprint density at radius 1 is 0.978 bits per heavy atom. The molecule has 10 heteroatoms. The normalized spacial score (nSPS) is 33.0. The largest absolute Gasteiger partial charge is 0.463 e. The number of allylic oxidation sites excluding steroid dienone is 1. The zero-order chi connectivity index (χ0) is 32.5. The van der Waals surface area contributed by atoms with E-state index in [1.807, 2.05) is 6.92 Å². The molecule has 0 N–H and O–H groups in total. The zero-order valence-corrected chi connectivity index (χ0v) is 29.1. The van der Waals surface area contributed by atoms with Gasteiger partial charge in [0.05, 0.1) is 30.7 Å². The lowest BCUT2D eigenvalue weighted by atomic mass is 9.84. The maximum atomic E-state index is 12.3. The van der Waals surface area contributed by atoms with Crippen molar-refractivity contribution in [1.82, 2.24) is 0 Å². The first-order chi connectivity index (χ1) is 22.1. The molecule has 0 bridgehead atoms. The number of hydrogen-bond donors (Lipinski definition) is 0. The molecule has 0 amide bonds. The van der Waals surface area contributed by atoms with Crippen molar-refractivity contribution in [3.05, 3.63) is 23.8 Å². The molecular formula is C36H58O9S. The smallest absolute Gasteiger partial charge is 0.302 e. The molecule has 5 rings (SSSR count). The SMILES string of the molecule is CC(=O)OC(C)CCCC(OS(C)(=O)=O)C1=CC2C(C1)CC(OC1CCCCO1)C2C=CC(OC1CCCCO1)C1CCCCC1. The van der Waals surface area contributed by atoms with Gasteiger partial charge in [-0.25, -0.2) is 0 Å². The van der Waals surface area contributed by atoms with Gasteiger partial charge in [-0.1, -0.05) is 37.5 Å². The molecule has 5 aliphatic rings. The summed E-state index contributed by atoms with van der Waals surface area (Å²) in [6, 6.07) is 0. The Hall–Kier alpha value is -1.30. The van der Waals surface area contributed by atoms with Gasteiger partial charge in [0.15, 0.2) is 12.6 Å². The standard InChI is InChI=1S/C36H58O9S/c1-25(42-26(2)37)12-11-15-33(45-46(3,38)39)29-22-28-24-34(44-36-17-8-10-21-41-36)30(31(28)23-29)18-19-32(27-13-5-4-6-14-27)43-35-16-7-9-20-40-35/h18-19,23,25,27-28,30-36H,4-17,20-22,24H2,1-3H3. The quantitative estimate of drug-likeness (QED) is 0.104. The minimum Gasteiger partial charge on any atom is -0.463 e. The highest BCUT2D eigenvalue weighted by atomic mass is 32.2. The van der Waals surface area contributed by atoms with Gasteiger partial charge in [0.25, 0.3) is 10.1 Å². The van der Waals surface area contributed by atoms with Crippen LogP contribution in [0.4, 0.5) is 0 Å². The Bertz CT molecular complexity index is 1120. The third kappa shape index (κ3) is 10.9. The molecule has 2 heterocycles. The summed E-state index contributed by atoms with van der Waals surface area (Å²) in [5.74, 6) is 0.894. The van der Waals surface area contributed by atoms with E-state index in [0.29, 0.717) is 31.1 Å². The lowest BCUT2D eigenvalue weighted by molar-refractivity contribution is -0.193. The van der Waals surface area contributed by atoms with E-state index in [9.17, 15) is 13.2 Å². The molecule has 0 aromatic carbocycles. The Balaban J connectivity index is 1.34. The molecule has 0 radical (unpaired) electrons. The van der Waals surface area contributed by atoms with Crippen LogP contribution in [0.2, 0.25) is 0 Å². The summed E-state index contributed by atoms with van der Waals surface area (Å²) in [5, 5.41) is 0. The van der Waals surface area contributed by atoms with E-state index in [-0.39, 0.29) is 48.7 Å². The molecule has 262 valence electrons. The average molecular weight is 667 g/mol. The monoisotopic (exact) mass is 666 g/mol. The number of esters is 1. The Morgan fingerprint density at radius 2 is 1.67 bits per heavy atom. The van der Waals surface area contributed by atoms with Crippen LogP contribution in [0.3, 0.4) is 0 Å². The van der Waals surface area contributed by atoms with E-state index in [0.717, 1.165) is 76.4 Å². The van der Waals surface area contributed by atoms with Crippen molar-refractivity contribution in [2.45, 2.75) is 154 Å². The summed E-state index contributed by atoms with van der Waals surface area (Å²) in [7, 11) is -3.66. The van der Waals surface area contributed by atoms with Gasteiger partial charge < -0.3 is 23.7 Å². The van der Waals surface area contributed by atoms with Crippen LogP contribution in [-0.2, 0) is 42.8 Å². The summed E-state index contributed by atoms with van der Waals surface area (Å²) in [6.45, 7) is 4.78. The maximum absolute atomic E-state index is 12.3. The molecular weight excluding hydrogens is 608 g/mol. The number of ether oxygens (including phenoxy) is 5. The molecule has 0 aromatic rings. The lowest BCUT2D eigenvalue weighted by Crippen LogP contribution is -2.33. The van der Waals surface area contributed by atoms with Crippen molar-refractivity contribution < 1.29 is 41.1 Å². The fourth-order valence-electron chi connectivity index (χ4n) is 8.36. The fraction of sp³-hybridized carbons (Fsp3) is 0.861. The predicted octanol–water partition coefficient (Wildman–Crippen LogP) is 7.00. The summed E-state index contributed by atoms with van der Waals surface area (Å²) < 4.78 is 61.0. The Labute approximate surface area is 277 Å². The molecule has 4 fully saturated rings. The van der Waals surface area contributed by atoms with Crippen LogP contribution in [0.1, 0.15) is 117 Å². The van der Waals surface area contributed by atoms with Crippen LogP contribution >= 0.6 is 0 Å². The first-order valence-corrected chi connectivity index (χ1v) is 19.9. The molecule has 9 nitrogen and oxygen atoms in total. The van der Waals surface area contributed by atoms with Crippen LogP contribution in [0.5, 0.6) is 0 Å². The summed E-state index contributed by atoms with van der Waals surface area (Å²) >= 11 is 0. The first-order valence-electron chi connectivity index (χ1n) is 18.1. The van der Waals surface area contributed by atoms with Gasteiger partial charge in [0.2, 0.25) is 0 Å². The molecule has 9 unspecified atom stereocenters. The number of hydrogen-bond acceptors (Lipinski definition) is 9. The van der Waals surface area contributed by atoms with Crippen molar-refractivity contribution in [2.24, 2.45) is 23.7 Å². The second-order valence-electron chi connectivity index (χ2n) is 14.4. The minimum atomic E-state index is -3.66. The second kappa shape index (κ2) is 17.4. The molecule has 9 atom stereocenters. The zero-order valence-electron chi connectivity index (χ0n) is 28.3. The third-order valence-electron chi connectivity index (χ3n) is 10.6. The highest BCUT2D eigenvalue weighted by molar-refractivity contribution is 7.86. The predicted molar refractivity (Wildman–Crippen MR) is 175 cm³/mol. The first kappa shape index (κ1) is 36.0. The minimum absolute atomic E-state index is 0.0133. The van der Waals surface area contributed by atoms with Gasteiger partial charge in [-0.2, -0.15) is 8.42 Å². The molecule has 0 spiro atoms. The van der Waals surface area contributed by atoms with Crippen LogP contribution in [-0.4, -0.2) is 70.9 Å². The van der Waals surface area contributed by atoms with Gasteiger partial charge in [-0.05, 0) is 114 Å². The topological polar surface area (TPSA) is 107 Å². The van der Waals surface area contributed by atoms with Gasteiger partial charge in [-0.3, -0.25) is 8.98 Å². The van der Waals surface area contributed by atoms with Gasteiger partial charge in [0, 0.05) is 26.1 Å². The van der Waals surface area contributed by atoms with E-state index in [1.165, 1.54) is 39.0 Å². The molecule has 3 aliphatic carbocycles. The fourth-order valence-corrected chi connectivity index (χ4v) is 9.00. The van der Waals surface area contributed by atoms with Crippen molar-refractivity contribution in [3.8, 4) is 0 Å². The molecule has 0 aromatic heterocycles. The third-order valence-corrected chi connectivity index (χ3v) is 11.1. The van der Waals surface area contributed by atoms with E-state index in [2.05, 4.69) is 18.2 Å². The molecule has 2 aliphatic heterocycles. The van der Waals surface area contributed by atoms with E-state index >= 15 is 0 Å². The van der Waals surface area contributed by atoms with Crippen LogP contribution in [0, 0.1) is 23.7 Å². The average Bonchev–Trinajstić information content (AvgIpc) is 3.57. The van der Waals surface area contributed by atoms with E-state index in [4.69, 9.17) is 27.9 Å². The van der Waals surface area contributed by atoms with Crippen LogP contribution in [0.15, 0.2) is 23.8 Å². The van der Waals surface area contributed by atoms with Crippen LogP contribution < -0.4 is 0 Å². The summed E-state index contributed by atoms with van der Waals surface area (Å²) in [6.07, 6.45) is 23.1. The van der Waals surface area contributed by atoms with Gasteiger partial charge in [0.1, 0.15) is 0 Å². The second-order valence-corrected chi connectivity index (χ2v) is 16.0. The van der Waals surface area contributed by atoms with E-state index in [1.54, 1.807) is 0 Å². The highest BCUT2D eigenvalue weighted by Gasteiger charge is 2.47. The van der Waals surface area contributed by atoms with Crippen molar-refractivity contribution in [1.29, 1.82) is 0 Å². The number of carbonyl (C=O) groups excluding carboxylic acids is 1. The van der Waals surface area contributed by atoms with Crippen molar-refractivity contribution in [2.75, 3.05) is 19.5 Å². The Morgan fingerprint density at radius 3 is 2.33 bits per heavy atom. The number of fused-ring (bicyclic) bond motifs is 1. The van der Waals surface area contributed by atoms with Gasteiger partial charge >= 0.3 is 5.97 Å². The van der Waals surface area contributed by atoms with Crippen molar-refractivity contribution >= 4 is 16.1 Å². The maximum Gasteiger partial charge on any atom is 0.302 e. The molecule has 2 saturated heterocycles. The van der Waals surface area contributed by atoms with Crippen molar-refractivity contribution in [3.63, 3.8) is 0 Å². The van der Waals surface area contributed by atoms with Crippen LogP contribution in [0.25, 0.3) is 0 Å². The van der Waals surface area contributed by atoms with Gasteiger partial charge in [-0.15, -0.1) is 0 Å². The molecule has 2 saturated carbocycles. The lowest BCUT2D eigenvalue weighted by Gasteiger charge is -2.33. The Kier molecular flexibility index (Phi) is 13.6. The summed E-state index contributed by atoms with van der Waals surface area (Å²) in [4.78, 5) is 11.4. The number of rotatable bonds is 15. The van der Waals surface area contributed by atoms with E-state index < -0.39 is 16.2 Å². The summed E-state index contributed by atoms with van der Waals surface area (Å²) in [5.41, 5.74) is 1.06. The molecule has 46 heavy (non-hydrogen) atoms.